The number of aromatic carboxylic acids is 1. The van der Waals surface area contributed by atoms with Crippen LogP contribution in [-0.2, 0) is 6.54 Å². The molecule has 0 radical (unpaired) electrons. The standard InChI is InChI=1S/C17H18F2IN3O4/c1-27-15-12-9(6-10(19)13(15)22-4-2-8(21)7-22)14(24)11(17(25)26)16(20)23(12)5-3-18/h6,8H,2-5,7,21H2,1H3,(H,25,26). The van der Waals surface area contributed by atoms with Gasteiger partial charge in [0.1, 0.15) is 17.9 Å². The Morgan fingerprint density at radius 2 is 2.22 bits per heavy atom. The SMILES string of the molecule is COc1c(N2CCC(N)C2)c(F)cc2c(=O)c(C(=O)O)c(I)n(CCF)c12. The minimum absolute atomic E-state index is 0.0595. The average Bonchev–Trinajstić information content (AvgIpc) is 3.03. The second kappa shape index (κ2) is 7.58. The van der Waals surface area contributed by atoms with Crippen molar-refractivity contribution in [3.8, 4) is 5.75 Å². The van der Waals surface area contributed by atoms with Crippen molar-refractivity contribution in [2.24, 2.45) is 5.73 Å². The number of nitrogens with zero attached hydrogens (tertiary/aromatic N) is 2. The van der Waals surface area contributed by atoms with E-state index >= 15 is 0 Å². The lowest BCUT2D eigenvalue weighted by molar-refractivity contribution is 0.0693. The molecule has 1 aliphatic rings. The molecule has 2 heterocycles. The van der Waals surface area contributed by atoms with Crippen LogP contribution in [0.1, 0.15) is 16.8 Å². The Balaban J connectivity index is 2.45. The van der Waals surface area contributed by atoms with Crippen LogP contribution in [0.3, 0.4) is 0 Å². The highest BCUT2D eigenvalue weighted by atomic mass is 127. The molecule has 1 aliphatic heterocycles. The number of methoxy groups -OCH3 is 1. The monoisotopic (exact) mass is 493 g/mol. The topological polar surface area (TPSA) is 97.8 Å². The molecule has 10 heteroatoms. The molecule has 3 N–H and O–H groups in total. The number of nitrogens with two attached hydrogens (primary N) is 1. The predicted octanol–water partition coefficient (Wildman–Crippen LogP) is 1.96. The summed E-state index contributed by atoms with van der Waals surface area (Å²) >= 11 is 1.69. The second-order valence-corrected chi connectivity index (χ2v) is 7.29. The molecular formula is C17H18F2IN3O4. The first kappa shape index (κ1) is 19.8. The zero-order valence-corrected chi connectivity index (χ0v) is 16.6. The fourth-order valence-electron chi connectivity index (χ4n) is 3.47. The van der Waals surface area contributed by atoms with Crippen molar-refractivity contribution in [1.82, 2.24) is 4.57 Å². The molecule has 1 aromatic heterocycles. The van der Waals surface area contributed by atoms with Gasteiger partial charge in [-0.15, -0.1) is 0 Å². The Labute approximate surface area is 166 Å². The van der Waals surface area contributed by atoms with Crippen LogP contribution in [0.4, 0.5) is 14.5 Å². The molecule has 0 saturated carbocycles. The van der Waals surface area contributed by atoms with Crippen LogP contribution in [0.5, 0.6) is 5.75 Å². The lowest BCUT2D eigenvalue weighted by Crippen LogP contribution is -2.28. The summed E-state index contributed by atoms with van der Waals surface area (Å²) in [7, 11) is 1.33. The lowest BCUT2D eigenvalue weighted by Gasteiger charge is -2.25. The molecule has 1 saturated heterocycles. The van der Waals surface area contributed by atoms with Crippen LogP contribution in [0.2, 0.25) is 0 Å². The van der Waals surface area contributed by atoms with E-state index in [1.807, 2.05) is 0 Å². The van der Waals surface area contributed by atoms with Crippen LogP contribution in [0.15, 0.2) is 10.9 Å². The Bertz CT molecular complexity index is 979. The zero-order valence-electron chi connectivity index (χ0n) is 14.5. The smallest absolute Gasteiger partial charge is 0.342 e. The van der Waals surface area contributed by atoms with Gasteiger partial charge in [-0.2, -0.15) is 0 Å². The molecule has 2 aromatic rings. The number of carboxylic acid groups (broad SMARTS) is 1. The molecule has 7 nitrogen and oxygen atoms in total. The molecular weight excluding hydrogens is 475 g/mol. The van der Waals surface area contributed by atoms with E-state index < -0.39 is 29.5 Å². The van der Waals surface area contributed by atoms with Gasteiger partial charge in [0.25, 0.3) is 0 Å². The van der Waals surface area contributed by atoms with E-state index in [4.69, 9.17) is 10.5 Å². The highest BCUT2D eigenvalue weighted by molar-refractivity contribution is 14.1. The first-order valence-corrected chi connectivity index (χ1v) is 9.31. The third-order valence-corrected chi connectivity index (χ3v) is 5.76. The van der Waals surface area contributed by atoms with Gasteiger partial charge >= 0.3 is 5.97 Å². The van der Waals surface area contributed by atoms with Gasteiger partial charge in [-0.1, -0.05) is 0 Å². The summed E-state index contributed by atoms with van der Waals surface area (Å²) < 4.78 is 35.0. The van der Waals surface area contributed by atoms with E-state index in [1.165, 1.54) is 11.7 Å². The maximum Gasteiger partial charge on any atom is 0.342 e. The summed E-state index contributed by atoms with van der Waals surface area (Å²) in [5, 5.41) is 9.23. The Morgan fingerprint density at radius 3 is 2.74 bits per heavy atom. The van der Waals surface area contributed by atoms with Crippen LogP contribution < -0.4 is 20.8 Å². The van der Waals surface area contributed by atoms with Crippen LogP contribution in [0, 0.1) is 9.52 Å². The van der Waals surface area contributed by atoms with Crippen molar-refractivity contribution in [3.63, 3.8) is 0 Å². The summed E-state index contributed by atoms with van der Waals surface area (Å²) in [6, 6.07) is 0.878. The van der Waals surface area contributed by atoms with E-state index in [1.54, 1.807) is 27.5 Å². The Morgan fingerprint density at radius 1 is 1.52 bits per heavy atom. The number of anilines is 1. The normalized spacial score (nSPS) is 16.9. The van der Waals surface area contributed by atoms with Crippen molar-refractivity contribution in [2.45, 2.75) is 19.0 Å². The van der Waals surface area contributed by atoms with Gasteiger partial charge in [0.05, 0.1) is 28.3 Å². The van der Waals surface area contributed by atoms with Gasteiger partial charge in [0.15, 0.2) is 11.6 Å². The van der Waals surface area contributed by atoms with Crippen molar-refractivity contribution < 1.29 is 23.4 Å². The van der Waals surface area contributed by atoms with Crippen LogP contribution >= 0.6 is 22.6 Å². The second-order valence-electron chi connectivity index (χ2n) is 6.27. The third kappa shape index (κ3) is 3.24. The van der Waals surface area contributed by atoms with Crippen LogP contribution in [-0.4, -0.2) is 48.6 Å². The van der Waals surface area contributed by atoms with Gasteiger partial charge in [-0.25, -0.2) is 13.6 Å². The number of alkyl halides is 1. The van der Waals surface area contributed by atoms with Gasteiger partial charge in [-0.05, 0) is 35.1 Å². The molecule has 3 rings (SSSR count). The average molecular weight is 493 g/mol. The summed E-state index contributed by atoms with van der Waals surface area (Å²) in [6.45, 7) is -0.0677. The first-order chi connectivity index (χ1) is 12.8. The maximum absolute atomic E-state index is 14.9. The molecule has 0 spiro atoms. The van der Waals surface area contributed by atoms with E-state index in [-0.39, 0.29) is 38.6 Å². The third-order valence-electron chi connectivity index (χ3n) is 4.63. The summed E-state index contributed by atoms with van der Waals surface area (Å²) in [5.74, 6) is -2.10. The number of fused-ring (bicyclic) bond motifs is 1. The van der Waals surface area contributed by atoms with Crippen molar-refractivity contribution in [3.05, 3.63) is 31.4 Å². The molecule has 1 atom stereocenters. The minimum Gasteiger partial charge on any atom is -0.492 e. The lowest BCUT2D eigenvalue weighted by atomic mass is 10.1. The quantitative estimate of drug-likeness (QED) is 0.489. The number of benzene rings is 1. The first-order valence-electron chi connectivity index (χ1n) is 8.24. The van der Waals surface area contributed by atoms with Gasteiger partial charge in [0.2, 0.25) is 5.43 Å². The van der Waals surface area contributed by atoms with Gasteiger partial charge in [-0.3, -0.25) is 4.79 Å². The van der Waals surface area contributed by atoms with Crippen LogP contribution in [0.25, 0.3) is 10.9 Å². The molecule has 0 amide bonds. The number of rotatable bonds is 5. The fraction of sp³-hybridized carbons (Fsp3) is 0.412. The number of aromatic nitrogens is 1. The number of pyridine rings is 1. The summed E-state index contributed by atoms with van der Waals surface area (Å²) in [4.78, 5) is 26.0. The van der Waals surface area contributed by atoms with Gasteiger partial charge in [0, 0.05) is 19.1 Å². The highest BCUT2D eigenvalue weighted by Crippen LogP contribution is 2.40. The van der Waals surface area contributed by atoms with E-state index in [9.17, 15) is 23.5 Å². The largest absolute Gasteiger partial charge is 0.492 e. The molecule has 146 valence electrons. The van der Waals surface area contributed by atoms with Crippen molar-refractivity contribution >= 4 is 45.2 Å². The molecule has 27 heavy (non-hydrogen) atoms. The predicted molar refractivity (Wildman–Crippen MR) is 105 cm³/mol. The highest BCUT2D eigenvalue weighted by Gasteiger charge is 2.30. The fourth-order valence-corrected chi connectivity index (χ4v) is 4.43. The molecule has 1 unspecified atom stereocenters. The Hall–Kier alpha value is -1.95. The minimum atomic E-state index is -1.45. The van der Waals surface area contributed by atoms with Crippen molar-refractivity contribution in [1.29, 1.82) is 0 Å². The molecule has 1 aromatic carbocycles. The molecule has 0 bridgehead atoms. The molecule has 0 aliphatic carbocycles. The molecule has 1 fully saturated rings. The summed E-state index contributed by atoms with van der Waals surface area (Å²) in [5.41, 5.74) is 4.88. The van der Waals surface area contributed by atoms with Gasteiger partial charge < -0.3 is 25.0 Å². The van der Waals surface area contributed by atoms with E-state index in [0.29, 0.717) is 19.5 Å². The summed E-state index contributed by atoms with van der Waals surface area (Å²) in [6.07, 6.45) is 0.674. The van der Waals surface area contributed by atoms with E-state index in [0.717, 1.165) is 6.07 Å². The number of hydrogen-bond donors (Lipinski definition) is 2. The number of hydrogen-bond acceptors (Lipinski definition) is 5. The number of halogens is 3. The van der Waals surface area contributed by atoms with E-state index in [2.05, 4.69) is 0 Å². The zero-order chi connectivity index (χ0) is 19.9. The number of carboxylic acids is 1. The maximum atomic E-state index is 14.9. The number of aryl methyl sites for hydroxylation is 1. The Kier molecular flexibility index (Phi) is 5.56. The number of carbonyl (C=O) groups is 1. The number of ether oxygens (including phenoxy) is 1. The van der Waals surface area contributed by atoms with Crippen molar-refractivity contribution in [2.75, 3.05) is 31.8 Å².